The van der Waals surface area contributed by atoms with Crippen LogP contribution >= 0.6 is 46.6 Å². The Labute approximate surface area is 257 Å². The Kier molecular flexibility index (Phi) is 10.5. The normalized spacial score (nSPS) is 11.1. The van der Waals surface area contributed by atoms with Gasteiger partial charge in [-0.1, -0.05) is 71.2 Å². The lowest BCUT2D eigenvalue weighted by molar-refractivity contribution is -0.114. The SMILES string of the molecule is Cc1c(Cl)cccc1NC(=O)CSc1cccc(NC(=O)/C(=C\c2c(Cl)cccc2Cl)NC(=O)c2ccccc2)c1. The second-order valence-corrected chi connectivity index (χ2v) is 11.0. The molecule has 3 N–H and O–H groups in total. The van der Waals surface area contributed by atoms with Gasteiger partial charge in [-0.2, -0.15) is 0 Å². The Hall–Kier alpha value is -3.75. The van der Waals surface area contributed by atoms with Crippen molar-refractivity contribution in [1.29, 1.82) is 0 Å². The highest BCUT2D eigenvalue weighted by molar-refractivity contribution is 8.00. The second kappa shape index (κ2) is 14.2. The molecule has 0 aliphatic carbocycles. The van der Waals surface area contributed by atoms with E-state index in [0.29, 0.717) is 37.6 Å². The number of nitrogens with one attached hydrogen (secondary N) is 3. The highest BCUT2D eigenvalue weighted by Gasteiger charge is 2.17. The molecule has 0 aromatic heterocycles. The van der Waals surface area contributed by atoms with E-state index in [9.17, 15) is 14.4 Å². The maximum absolute atomic E-state index is 13.4. The number of anilines is 2. The topological polar surface area (TPSA) is 87.3 Å². The summed E-state index contributed by atoms with van der Waals surface area (Å²) in [4.78, 5) is 39.6. The second-order valence-electron chi connectivity index (χ2n) is 8.74. The standard InChI is InChI=1S/C31H24Cl3N3O3S/c1-19-24(32)12-7-15-27(19)36-29(38)18-41-22-11-5-10-21(16-22)35-31(40)28(17-23-25(33)13-6-14-26(23)34)37-30(39)20-8-3-2-4-9-20/h2-17H,18H2,1H3,(H,35,40)(H,36,38)(H,37,39)/b28-17+. The number of carbonyl (C=O) groups is 3. The third kappa shape index (κ3) is 8.38. The molecule has 0 aliphatic rings. The molecule has 4 rings (SSSR count). The number of hydrogen-bond acceptors (Lipinski definition) is 4. The minimum atomic E-state index is -0.582. The summed E-state index contributed by atoms with van der Waals surface area (Å²) in [5.41, 5.74) is 2.62. The molecule has 3 amide bonds. The fourth-order valence-electron chi connectivity index (χ4n) is 3.68. The molecule has 0 heterocycles. The molecular weight excluding hydrogens is 601 g/mol. The van der Waals surface area contributed by atoms with Gasteiger partial charge in [-0.3, -0.25) is 14.4 Å². The van der Waals surface area contributed by atoms with Crippen LogP contribution in [-0.4, -0.2) is 23.5 Å². The van der Waals surface area contributed by atoms with E-state index >= 15 is 0 Å². The Bertz CT molecular complexity index is 1610. The molecule has 0 atom stereocenters. The van der Waals surface area contributed by atoms with Crippen molar-refractivity contribution in [1.82, 2.24) is 5.32 Å². The van der Waals surface area contributed by atoms with Gasteiger partial charge >= 0.3 is 0 Å². The first-order valence-electron chi connectivity index (χ1n) is 12.3. The predicted octanol–water partition coefficient (Wildman–Crippen LogP) is 8.10. The van der Waals surface area contributed by atoms with Gasteiger partial charge in [0.1, 0.15) is 5.70 Å². The third-order valence-electron chi connectivity index (χ3n) is 5.82. The maximum atomic E-state index is 13.4. The van der Waals surface area contributed by atoms with Crippen LogP contribution in [0.1, 0.15) is 21.5 Å². The molecule has 4 aromatic carbocycles. The lowest BCUT2D eigenvalue weighted by atomic mass is 10.1. The van der Waals surface area contributed by atoms with Crippen LogP contribution in [0.25, 0.3) is 6.08 Å². The molecule has 208 valence electrons. The van der Waals surface area contributed by atoms with Gasteiger partial charge in [0.25, 0.3) is 11.8 Å². The van der Waals surface area contributed by atoms with E-state index in [2.05, 4.69) is 16.0 Å². The molecule has 0 saturated carbocycles. The summed E-state index contributed by atoms with van der Waals surface area (Å²) in [6, 6.07) is 25.8. The zero-order valence-corrected chi connectivity index (χ0v) is 24.8. The zero-order chi connectivity index (χ0) is 29.4. The molecule has 0 bridgehead atoms. The Morgan fingerprint density at radius 2 is 1.44 bits per heavy atom. The van der Waals surface area contributed by atoms with Crippen molar-refractivity contribution in [3.05, 3.63) is 128 Å². The Balaban J connectivity index is 1.49. The monoisotopic (exact) mass is 623 g/mol. The first kappa shape index (κ1) is 30.2. The van der Waals surface area contributed by atoms with Crippen LogP contribution in [0.3, 0.4) is 0 Å². The van der Waals surface area contributed by atoms with Gasteiger partial charge in [0.15, 0.2) is 0 Å². The van der Waals surface area contributed by atoms with Gasteiger partial charge in [-0.15, -0.1) is 11.8 Å². The van der Waals surface area contributed by atoms with E-state index in [-0.39, 0.29) is 17.4 Å². The molecule has 0 radical (unpaired) electrons. The molecule has 4 aromatic rings. The summed E-state index contributed by atoms with van der Waals surface area (Å²) in [6.45, 7) is 1.84. The summed E-state index contributed by atoms with van der Waals surface area (Å²) in [5, 5.41) is 9.55. The molecule has 0 fully saturated rings. The van der Waals surface area contributed by atoms with Crippen molar-refractivity contribution in [2.75, 3.05) is 16.4 Å². The predicted molar refractivity (Wildman–Crippen MR) is 169 cm³/mol. The number of carbonyl (C=O) groups excluding carboxylic acids is 3. The Morgan fingerprint density at radius 3 is 2.17 bits per heavy atom. The highest BCUT2D eigenvalue weighted by Crippen LogP contribution is 2.28. The van der Waals surface area contributed by atoms with Crippen molar-refractivity contribution in [2.45, 2.75) is 11.8 Å². The molecule has 0 aliphatic heterocycles. The Morgan fingerprint density at radius 1 is 0.780 bits per heavy atom. The molecule has 6 nitrogen and oxygen atoms in total. The van der Waals surface area contributed by atoms with Crippen molar-refractivity contribution in [3.63, 3.8) is 0 Å². The van der Waals surface area contributed by atoms with Gasteiger partial charge in [0.05, 0.1) is 5.75 Å². The largest absolute Gasteiger partial charge is 0.325 e. The number of rotatable bonds is 9. The quantitative estimate of drug-likeness (QED) is 0.130. The first-order chi connectivity index (χ1) is 19.7. The smallest absolute Gasteiger partial charge is 0.272 e. The first-order valence-corrected chi connectivity index (χ1v) is 14.4. The third-order valence-corrected chi connectivity index (χ3v) is 7.88. The van der Waals surface area contributed by atoms with Gasteiger partial charge in [0, 0.05) is 42.5 Å². The number of halogens is 3. The van der Waals surface area contributed by atoms with Crippen molar-refractivity contribution >= 4 is 81.7 Å². The number of benzene rings is 4. The van der Waals surface area contributed by atoms with Gasteiger partial charge in [0.2, 0.25) is 5.91 Å². The van der Waals surface area contributed by atoms with Crippen molar-refractivity contribution in [3.8, 4) is 0 Å². The van der Waals surface area contributed by atoms with Crippen LogP contribution in [0, 0.1) is 6.92 Å². The van der Waals surface area contributed by atoms with Crippen molar-refractivity contribution in [2.24, 2.45) is 0 Å². The molecule has 0 spiro atoms. The molecule has 0 saturated heterocycles. The van der Waals surface area contributed by atoms with Crippen LogP contribution in [0.2, 0.25) is 15.1 Å². The molecule has 10 heteroatoms. The fourth-order valence-corrected chi connectivity index (χ4v) is 5.11. The molecule has 0 unspecified atom stereocenters. The summed E-state index contributed by atoms with van der Waals surface area (Å²) in [7, 11) is 0. The summed E-state index contributed by atoms with van der Waals surface area (Å²) in [6.07, 6.45) is 1.43. The zero-order valence-electron chi connectivity index (χ0n) is 21.7. The van der Waals surface area contributed by atoms with Crippen LogP contribution < -0.4 is 16.0 Å². The lowest BCUT2D eigenvalue weighted by Crippen LogP contribution is -2.30. The molecule has 41 heavy (non-hydrogen) atoms. The highest BCUT2D eigenvalue weighted by atomic mass is 35.5. The van der Waals surface area contributed by atoms with Gasteiger partial charge in [-0.05, 0) is 73.2 Å². The minimum Gasteiger partial charge on any atom is -0.325 e. The van der Waals surface area contributed by atoms with E-state index in [4.69, 9.17) is 34.8 Å². The maximum Gasteiger partial charge on any atom is 0.272 e. The van der Waals surface area contributed by atoms with E-state index in [1.165, 1.54) is 17.8 Å². The van der Waals surface area contributed by atoms with Crippen LogP contribution in [0.15, 0.2) is 102 Å². The average molecular weight is 625 g/mol. The summed E-state index contributed by atoms with van der Waals surface area (Å²) >= 11 is 20.1. The lowest BCUT2D eigenvalue weighted by Gasteiger charge is -2.13. The number of thioether (sulfide) groups is 1. The van der Waals surface area contributed by atoms with Gasteiger partial charge in [-0.25, -0.2) is 0 Å². The van der Waals surface area contributed by atoms with E-state index < -0.39 is 11.8 Å². The van der Waals surface area contributed by atoms with Crippen LogP contribution in [-0.2, 0) is 9.59 Å². The number of hydrogen-bond donors (Lipinski definition) is 3. The van der Waals surface area contributed by atoms with E-state index in [1.54, 1.807) is 84.9 Å². The van der Waals surface area contributed by atoms with Crippen molar-refractivity contribution < 1.29 is 14.4 Å². The summed E-state index contributed by atoms with van der Waals surface area (Å²) in [5.74, 6) is -1.10. The number of amides is 3. The minimum absolute atomic E-state index is 0.0526. The van der Waals surface area contributed by atoms with Crippen LogP contribution in [0.5, 0.6) is 0 Å². The van der Waals surface area contributed by atoms with Crippen LogP contribution in [0.4, 0.5) is 11.4 Å². The summed E-state index contributed by atoms with van der Waals surface area (Å²) < 4.78 is 0. The van der Waals surface area contributed by atoms with Gasteiger partial charge < -0.3 is 16.0 Å². The van der Waals surface area contributed by atoms with E-state index in [1.807, 2.05) is 13.0 Å². The van der Waals surface area contributed by atoms with E-state index in [0.717, 1.165) is 10.5 Å². The molecular formula is C31H24Cl3N3O3S. The average Bonchev–Trinajstić information content (AvgIpc) is 2.96. The fraction of sp³-hybridized carbons (Fsp3) is 0.0645.